The lowest BCUT2D eigenvalue weighted by Crippen LogP contribution is -2.40. The Morgan fingerprint density at radius 1 is 1.42 bits per heavy atom. The van der Waals surface area contributed by atoms with Gasteiger partial charge in [-0.15, -0.1) is 0 Å². The van der Waals surface area contributed by atoms with E-state index in [0.29, 0.717) is 0 Å². The van der Waals surface area contributed by atoms with Crippen LogP contribution in [0, 0.1) is 0 Å². The van der Waals surface area contributed by atoms with Crippen LogP contribution in [0.15, 0.2) is 30.3 Å². The highest BCUT2D eigenvalue weighted by molar-refractivity contribution is 7.84. The van der Waals surface area contributed by atoms with Crippen LogP contribution in [0.3, 0.4) is 0 Å². The first-order valence-corrected chi connectivity index (χ1v) is 7.28. The molecule has 1 aromatic carbocycles. The zero-order chi connectivity index (χ0) is 13.9. The van der Waals surface area contributed by atoms with Gasteiger partial charge >= 0.3 is 16.3 Å². The van der Waals surface area contributed by atoms with Crippen LogP contribution < -0.4 is 0 Å². The first kappa shape index (κ1) is 14.0. The molecule has 2 rings (SSSR count). The minimum Gasteiger partial charge on any atom is -0.465 e. The van der Waals surface area contributed by atoms with E-state index in [0.717, 1.165) is 9.87 Å². The largest absolute Gasteiger partial charge is 0.465 e. The van der Waals surface area contributed by atoms with Gasteiger partial charge in [-0.1, -0.05) is 30.3 Å². The molecule has 7 heteroatoms. The molecule has 0 N–H and O–H groups in total. The van der Waals surface area contributed by atoms with Crippen LogP contribution in [0.5, 0.6) is 0 Å². The SMILES string of the molecule is CCOC(=O)[C@@H]1COS(=O)(=O)N1Cc1ccccc1. The molecular formula is C12H15NO5S. The molecule has 1 aliphatic heterocycles. The predicted molar refractivity (Wildman–Crippen MR) is 67.3 cm³/mol. The minimum absolute atomic E-state index is 0.0899. The maximum absolute atomic E-state index is 11.8. The fourth-order valence-electron chi connectivity index (χ4n) is 1.83. The highest BCUT2D eigenvalue weighted by Gasteiger charge is 2.43. The quantitative estimate of drug-likeness (QED) is 0.761. The first-order chi connectivity index (χ1) is 9.04. The molecule has 0 aliphatic carbocycles. The van der Waals surface area contributed by atoms with E-state index in [-0.39, 0.29) is 19.8 Å². The lowest BCUT2D eigenvalue weighted by atomic mass is 10.2. The van der Waals surface area contributed by atoms with E-state index in [1.165, 1.54) is 0 Å². The number of hydrogen-bond donors (Lipinski definition) is 0. The van der Waals surface area contributed by atoms with E-state index in [1.54, 1.807) is 31.2 Å². The van der Waals surface area contributed by atoms with Crippen molar-refractivity contribution in [3.8, 4) is 0 Å². The molecule has 1 aromatic rings. The highest BCUT2D eigenvalue weighted by atomic mass is 32.2. The Balaban J connectivity index is 2.20. The number of carbonyl (C=O) groups is 1. The van der Waals surface area contributed by atoms with Gasteiger partial charge in [-0.2, -0.15) is 12.7 Å². The van der Waals surface area contributed by atoms with Crippen molar-refractivity contribution in [1.29, 1.82) is 0 Å². The smallest absolute Gasteiger partial charge is 0.339 e. The average Bonchev–Trinajstić information content (AvgIpc) is 2.67. The molecule has 1 aliphatic rings. The summed E-state index contributed by atoms with van der Waals surface area (Å²) in [6.07, 6.45) is 0. The van der Waals surface area contributed by atoms with Gasteiger partial charge in [0.2, 0.25) is 0 Å². The van der Waals surface area contributed by atoms with Gasteiger partial charge in [0, 0.05) is 6.54 Å². The second-order valence-corrected chi connectivity index (χ2v) is 5.60. The van der Waals surface area contributed by atoms with Crippen LogP contribution in [0.25, 0.3) is 0 Å². The van der Waals surface area contributed by atoms with Crippen molar-refractivity contribution in [3.05, 3.63) is 35.9 Å². The summed E-state index contributed by atoms with van der Waals surface area (Å²) >= 11 is 0. The van der Waals surface area contributed by atoms with Crippen molar-refractivity contribution in [2.24, 2.45) is 0 Å². The number of rotatable bonds is 4. The second kappa shape index (κ2) is 5.68. The Morgan fingerprint density at radius 2 is 2.11 bits per heavy atom. The molecule has 0 unspecified atom stereocenters. The van der Waals surface area contributed by atoms with Crippen LogP contribution in [-0.2, 0) is 30.6 Å². The number of carbonyl (C=O) groups excluding carboxylic acids is 1. The molecule has 104 valence electrons. The summed E-state index contributed by atoms with van der Waals surface area (Å²) in [7, 11) is -3.87. The summed E-state index contributed by atoms with van der Waals surface area (Å²) in [4.78, 5) is 11.7. The monoisotopic (exact) mass is 285 g/mol. The van der Waals surface area contributed by atoms with E-state index in [2.05, 4.69) is 0 Å². The fraction of sp³-hybridized carbons (Fsp3) is 0.417. The van der Waals surface area contributed by atoms with Gasteiger partial charge in [-0.25, -0.2) is 0 Å². The number of ether oxygens (including phenoxy) is 1. The van der Waals surface area contributed by atoms with Crippen molar-refractivity contribution < 1.29 is 22.1 Å². The van der Waals surface area contributed by atoms with Crippen molar-refractivity contribution in [2.75, 3.05) is 13.2 Å². The third-order valence-corrected chi connectivity index (χ3v) is 4.14. The van der Waals surface area contributed by atoms with Crippen molar-refractivity contribution in [1.82, 2.24) is 4.31 Å². The van der Waals surface area contributed by atoms with E-state index >= 15 is 0 Å². The van der Waals surface area contributed by atoms with Gasteiger partial charge in [0.15, 0.2) is 0 Å². The third kappa shape index (κ3) is 3.12. The van der Waals surface area contributed by atoms with Crippen LogP contribution >= 0.6 is 0 Å². The molecular weight excluding hydrogens is 270 g/mol. The van der Waals surface area contributed by atoms with Crippen molar-refractivity contribution >= 4 is 16.3 Å². The molecule has 0 bridgehead atoms. The molecule has 0 amide bonds. The highest BCUT2D eigenvalue weighted by Crippen LogP contribution is 2.22. The number of esters is 1. The normalized spacial score (nSPS) is 22.3. The van der Waals surface area contributed by atoms with Crippen LogP contribution in [0.1, 0.15) is 12.5 Å². The molecule has 6 nitrogen and oxygen atoms in total. The lowest BCUT2D eigenvalue weighted by Gasteiger charge is -2.18. The molecule has 1 atom stereocenters. The zero-order valence-corrected chi connectivity index (χ0v) is 11.3. The van der Waals surface area contributed by atoms with E-state index in [4.69, 9.17) is 8.92 Å². The summed E-state index contributed by atoms with van der Waals surface area (Å²) in [6.45, 7) is 1.76. The number of nitrogens with zero attached hydrogens (tertiary/aromatic N) is 1. The topological polar surface area (TPSA) is 72.9 Å². The van der Waals surface area contributed by atoms with Gasteiger partial charge < -0.3 is 4.74 Å². The molecule has 0 aromatic heterocycles. The summed E-state index contributed by atoms with van der Waals surface area (Å²) in [5.41, 5.74) is 0.783. The zero-order valence-electron chi connectivity index (χ0n) is 10.5. The standard InChI is InChI=1S/C12H15NO5S/c1-2-17-12(14)11-9-18-19(15,16)13(11)8-10-6-4-3-5-7-10/h3-7,11H,2,8-9H2,1H3/t11-/m0/s1. The molecule has 1 heterocycles. The molecule has 1 saturated heterocycles. The van der Waals surface area contributed by atoms with Crippen molar-refractivity contribution in [3.63, 3.8) is 0 Å². The summed E-state index contributed by atoms with van der Waals surface area (Å²) < 4.78 is 34.2. The number of benzene rings is 1. The Morgan fingerprint density at radius 3 is 2.74 bits per heavy atom. The van der Waals surface area contributed by atoms with Crippen molar-refractivity contribution in [2.45, 2.75) is 19.5 Å². The summed E-state index contributed by atoms with van der Waals surface area (Å²) in [5, 5.41) is 0. The van der Waals surface area contributed by atoms with Crippen LogP contribution in [0.4, 0.5) is 0 Å². The first-order valence-electron chi connectivity index (χ1n) is 5.91. The fourth-order valence-corrected chi connectivity index (χ4v) is 3.04. The van der Waals surface area contributed by atoms with E-state index in [1.807, 2.05) is 6.07 Å². The number of hydrogen-bond acceptors (Lipinski definition) is 5. The third-order valence-electron chi connectivity index (χ3n) is 2.75. The van der Waals surface area contributed by atoms with Gasteiger partial charge in [0.05, 0.1) is 13.2 Å². The summed E-state index contributed by atoms with van der Waals surface area (Å²) in [6, 6.07) is 8.11. The van der Waals surface area contributed by atoms with E-state index in [9.17, 15) is 13.2 Å². The summed E-state index contributed by atoms with van der Waals surface area (Å²) in [5.74, 6) is -0.584. The Bertz CT molecular complexity index is 542. The Kier molecular flexibility index (Phi) is 4.18. The predicted octanol–water partition coefficient (Wildman–Crippen LogP) is 0.695. The molecule has 0 saturated carbocycles. The van der Waals surface area contributed by atoms with Gasteiger partial charge in [0.1, 0.15) is 6.04 Å². The van der Waals surface area contributed by atoms with Crippen LogP contribution in [0.2, 0.25) is 0 Å². The average molecular weight is 285 g/mol. The van der Waals surface area contributed by atoms with Gasteiger partial charge in [-0.05, 0) is 12.5 Å². The molecule has 0 spiro atoms. The maximum atomic E-state index is 11.8. The lowest BCUT2D eigenvalue weighted by molar-refractivity contribution is -0.147. The minimum atomic E-state index is -3.87. The van der Waals surface area contributed by atoms with Gasteiger partial charge in [-0.3, -0.25) is 8.98 Å². The van der Waals surface area contributed by atoms with E-state index < -0.39 is 22.3 Å². The van der Waals surface area contributed by atoms with Gasteiger partial charge in [0.25, 0.3) is 0 Å². The Labute approximate surface area is 112 Å². The second-order valence-electron chi connectivity index (χ2n) is 4.04. The Hall–Kier alpha value is -1.44. The maximum Gasteiger partial charge on any atom is 0.339 e. The molecule has 1 fully saturated rings. The van der Waals surface area contributed by atoms with Crippen LogP contribution in [-0.4, -0.2) is 37.9 Å². The molecule has 0 radical (unpaired) electrons. The molecule has 19 heavy (non-hydrogen) atoms.